The van der Waals surface area contributed by atoms with E-state index < -0.39 is 0 Å². The van der Waals surface area contributed by atoms with Crippen LogP contribution in [0.4, 0.5) is 0 Å². The van der Waals surface area contributed by atoms with Gasteiger partial charge in [-0.25, -0.2) is 0 Å². The third-order valence-electron chi connectivity index (χ3n) is 6.67. The number of rotatable bonds is 2. The van der Waals surface area contributed by atoms with Gasteiger partial charge in [0.2, 0.25) is 5.91 Å². The van der Waals surface area contributed by atoms with Gasteiger partial charge in [0.25, 0.3) is 5.91 Å². The van der Waals surface area contributed by atoms with E-state index in [1.807, 2.05) is 21.7 Å². The maximum atomic E-state index is 13.3. The third kappa shape index (κ3) is 3.18. The van der Waals surface area contributed by atoms with E-state index in [-0.39, 0.29) is 17.4 Å². The summed E-state index contributed by atoms with van der Waals surface area (Å²) in [6, 6.07) is 1.90. The predicted octanol–water partition coefficient (Wildman–Crippen LogP) is 2.69. The van der Waals surface area contributed by atoms with E-state index in [2.05, 4.69) is 16.8 Å². The summed E-state index contributed by atoms with van der Waals surface area (Å²) in [6.45, 7) is 4.38. The fourth-order valence-electron chi connectivity index (χ4n) is 5.22. The molecule has 1 aromatic rings. The number of carbonyl (C=O) groups excluding carboxylic acids is 2. The van der Waals surface area contributed by atoms with E-state index in [1.165, 1.54) is 0 Å². The maximum Gasteiger partial charge on any atom is 0.254 e. The number of nitrogens with zero attached hydrogens (tertiary/aromatic N) is 3. The van der Waals surface area contributed by atoms with Gasteiger partial charge in [0.15, 0.2) is 0 Å². The summed E-state index contributed by atoms with van der Waals surface area (Å²) in [5.41, 5.74) is 0.842. The average Bonchev–Trinajstić information content (AvgIpc) is 3.35. The van der Waals surface area contributed by atoms with Gasteiger partial charge >= 0.3 is 0 Å². The van der Waals surface area contributed by atoms with Gasteiger partial charge in [-0.15, -0.1) is 0 Å². The first-order valence-electron chi connectivity index (χ1n) is 9.91. The highest BCUT2D eigenvalue weighted by atomic mass is 32.1. The number of hydrogen-bond acceptors (Lipinski definition) is 4. The van der Waals surface area contributed by atoms with Gasteiger partial charge < -0.3 is 9.80 Å². The molecule has 1 spiro atoms. The van der Waals surface area contributed by atoms with Crippen LogP contribution in [0.5, 0.6) is 0 Å². The van der Waals surface area contributed by atoms with E-state index in [1.54, 1.807) is 11.3 Å². The topological polar surface area (TPSA) is 43.9 Å². The number of hydrogen-bond donors (Lipinski definition) is 0. The van der Waals surface area contributed by atoms with Crippen LogP contribution in [0.2, 0.25) is 0 Å². The van der Waals surface area contributed by atoms with Crippen LogP contribution in [-0.2, 0) is 4.79 Å². The SMILES string of the molecule is CN1CCCC2(CCN(C(=O)c3ccsc3)CC2)C1C(=O)N1CCCC1. The van der Waals surface area contributed by atoms with Crippen molar-refractivity contribution in [1.82, 2.24) is 14.7 Å². The van der Waals surface area contributed by atoms with Crippen LogP contribution in [0.25, 0.3) is 0 Å². The number of piperidine rings is 2. The molecule has 6 heteroatoms. The van der Waals surface area contributed by atoms with Crippen molar-refractivity contribution in [2.24, 2.45) is 5.41 Å². The van der Waals surface area contributed by atoms with Crippen LogP contribution in [0.1, 0.15) is 48.9 Å². The van der Waals surface area contributed by atoms with Crippen molar-refractivity contribution in [3.05, 3.63) is 22.4 Å². The van der Waals surface area contributed by atoms with E-state index in [0.717, 1.165) is 76.8 Å². The zero-order valence-electron chi connectivity index (χ0n) is 15.7. The highest BCUT2D eigenvalue weighted by Gasteiger charge is 2.50. The van der Waals surface area contributed by atoms with Crippen molar-refractivity contribution in [2.45, 2.75) is 44.6 Å². The Morgan fingerprint density at radius 2 is 1.73 bits per heavy atom. The number of likely N-dealkylation sites (tertiary alicyclic amines) is 3. The van der Waals surface area contributed by atoms with E-state index in [4.69, 9.17) is 0 Å². The number of likely N-dealkylation sites (N-methyl/N-ethyl adjacent to an activating group) is 1. The molecule has 26 heavy (non-hydrogen) atoms. The molecular formula is C20H29N3O2S. The van der Waals surface area contributed by atoms with E-state index >= 15 is 0 Å². The van der Waals surface area contributed by atoms with Crippen molar-refractivity contribution in [3.63, 3.8) is 0 Å². The molecular weight excluding hydrogens is 346 g/mol. The van der Waals surface area contributed by atoms with Crippen LogP contribution < -0.4 is 0 Å². The maximum absolute atomic E-state index is 13.3. The molecule has 0 radical (unpaired) electrons. The van der Waals surface area contributed by atoms with Gasteiger partial charge in [0.1, 0.15) is 0 Å². The minimum atomic E-state index is -0.00671. The molecule has 4 heterocycles. The lowest BCUT2D eigenvalue weighted by Gasteiger charge is -2.52. The largest absolute Gasteiger partial charge is 0.341 e. The van der Waals surface area contributed by atoms with Crippen molar-refractivity contribution in [2.75, 3.05) is 39.8 Å². The minimum absolute atomic E-state index is 0.00671. The van der Waals surface area contributed by atoms with Crippen molar-refractivity contribution in [1.29, 1.82) is 0 Å². The van der Waals surface area contributed by atoms with Gasteiger partial charge in [-0.05, 0) is 69.0 Å². The second kappa shape index (κ2) is 7.31. The minimum Gasteiger partial charge on any atom is -0.341 e. The zero-order valence-corrected chi connectivity index (χ0v) is 16.5. The highest BCUT2D eigenvalue weighted by Crippen LogP contribution is 2.45. The fourth-order valence-corrected chi connectivity index (χ4v) is 5.85. The van der Waals surface area contributed by atoms with Gasteiger partial charge in [0.05, 0.1) is 11.6 Å². The van der Waals surface area contributed by atoms with Crippen LogP contribution in [0.15, 0.2) is 16.8 Å². The molecule has 1 atom stereocenters. The first-order valence-corrected chi connectivity index (χ1v) is 10.9. The number of thiophene rings is 1. The smallest absolute Gasteiger partial charge is 0.254 e. The molecule has 1 aromatic heterocycles. The predicted molar refractivity (Wildman–Crippen MR) is 103 cm³/mol. The third-order valence-corrected chi connectivity index (χ3v) is 7.36. The Morgan fingerprint density at radius 3 is 2.38 bits per heavy atom. The molecule has 0 saturated carbocycles. The summed E-state index contributed by atoms with van der Waals surface area (Å²) in [7, 11) is 2.11. The quantitative estimate of drug-likeness (QED) is 0.798. The van der Waals surface area contributed by atoms with Crippen molar-refractivity contribution < 1.29 is 9.59 Å². The molecule has 3 aliphatic rings. The number of amides is 2. The first kappa shape index (κ1) is 18.0. The lowest BCUT2D eigenvalue weighted by molar-refractivity contribution is -0.145. The van der Waals surface area contributed by atoms with Crippen molar-refractivity contribution >= 4 is 23.2 Å². The summed E-state index contributed by atoms with van der Waals surface area (Å²) in [4.78, 5) is 32.3. The molecule has 5 nitrogen and oxygen atoms in total. The van der Waals surface area contributed by atoms with E-state index in [9.17, 15) is 9.59 Å². The van der Waals surface area contributed by atoms with Crippen LogP contribution >= 0.6 is 11.3 Å². The lowest BCUT2D eigenvalue weighted by Crippen LogP contribution is -2.61. The standard InChI is InChI=1S/C20H29N3O2S/c1-21-9-4-6-20(17(21)19(25)22-10-2-3-11-22)7-12-23(13-8-20)18(24)16-5-14-26-15-16/h5,14-15,17H,2-4,6-13H2,1H3. The molecule has 142 valence electrons. The summed E-state index contributed by atoms with van der Waals surface area (Å²) in [5, 5.41) is 3.89. The highest BCUT2D eigenvalue weighted by molar-refractivity contribution is 7.08. The number of carbonyl (C=O) groups is 2. The second-order valence-corrected chi connectivity index (χ2v) is 8.97. The Morgan fingerprint density at radius 1 is 1.00 bits per heavy atom. The summed E-state index contributed by atoms with van der Waals surface area (Å²) >= 11 is 1.57. The Hall–Kier alpha value is -1.40. The van der Waals surface area contributed by atoms with Gasteiger partial charge in [-0.3, -0.25) is 14.5 Å². The molecule has 2 amide bonds. The Kier molecular flexibility index (Phi) is 5.06. The van der Waals surface area contributed by atoms with Gasteiger partial charge in [0, 0.05) is 31.6 Å². The van der Waals surface area contributed by atoms with Crippen LogP contribution in [0, 0.1) is 5.41 Å². The molecule has 3 fully saturated rings. The molecule has 0 aliphatic carbocycles. The molecule has 3 saturated heterocycles. The lowest BCUT2D eigenvalue weighted by atomic mass is 9.66. The summed E-state index contributed by atoms with van der Waals surface area (Å²) < 4.78 is 0. The van der Waals surface area contributed by atoms with Gasteiger partial charge in [-0.1, -0.05) is 0 Å². The Bertz CT molecular complexity index is 646. The molecule has 3 aliphatic heterocycles. The first-order chi connectivity index (χ1) is 12.6. The second-order valence-electron chi connectivity index (χ2n) is 8.19. The van der Waals surface area contributed by atoms with Crippen LogP contribution in [-0.4, -0.2) is 72.3 Å². The zero-order chi connectivity index (χ0) is 18.1. The van der Waals surface area contributed by atoms with Crippen LogP contribution in [0.3, 0.4) is 0 Å². The molecule has 0 bridgehead atoms. The van der Waals surface area contributed by atoms with Gasteiger partial charge in [-0.2, -0.15) is 11.3 Å². The monoisotopic (exact) mass is 375 g/mol. The molecule has 0 N–H and O–H groups in total. The van der Waals surface area contributed by atoms with Crippen molar-refractivity contribution in [3.8, 4) is 0 Å². The molecule has 0 aromatic carbocycles. The molecule has 4 rings (SSSR count). The Labute approximate surface area is 159 Å². The normalized spacial score (nSPS) is 26.4. The Balaban J connectivity index is 1.49. The summed E-state index contributed by atoms with van der Waals surface area (Å²) in [6.07, 6.45) is 6.42. The summed E-state index contributed by atoms with van der Waals surface area (Å²) in [5.74, 6) is 0.481. The average molecular weight is 376 g/mol. The van der Waals surface area contributed by atoms with E-state index in [0.29, 0.717) is 5.91 Å². The molecule has 1 unspecified atom stereocenters. The fraction of sp³-hybridized carbons (Fsp3) is 0.700.